The van der Waals surface area contributed by atoms with E-state index in [1.165, 1.54) is 22.3 Å². The Hall–Kier alpha value is -2.21. The molecular weight excluding hydrogens is 204 g/mol. The molecule has 0 unspecified atom stereocenters. The van der Waals surface area contributed by atoms with Crippen LogP contribution in [0.5, 0.6) is 0 Å². The van der Waals surface area contributed by atoms with Crippen LogP contribution >= 0.6 is 0 Å². The van der Waals surface area contributed by atoms with Gasteiger partial charge in [0.2, 0.25) is 0 Å². The van der Waals surface area contributed by atoms with Crippen LogP contribution in [0, 0.1) is 0 Å². The van der Waals surface area contributed by atoms with Crippen molar-refractivity contribution < 1.29 is 0 Å². The average Bonchev–Trinajstić information content (AvgIpc) is 2.90. The normalized spacial score (nSPS) is 10.4. The Morgan fingerprint density at radius 3 is 1.94 bits per heavy atom. The molecule has 3 rings (SSSR count). The second-order valence-corrected chi connectivity index (χ2v) is 4.12. The summed E-state index contributed by atoms with van der Waals surface area (Å²) in [5.74, 6) is 0. The van der Waals surface area contributed by atoms with Gasteiger partial charge in [-0.3, -0.25) is 0 Å². The van der Waals surface area contributed by atoms with Crippen molar-refractivity contribution in [2.24, 2.45) is 0 Å². The van der Waals surface area contributed by atoms with Gasteiger partial charge in [0.1, 0.15) is 0 Å². The third-order valence-electron chi connectivity index (χ3n) is 2.97. The SMILES string of the molecule is c1ccc(-c2cc[c-](-c3ccccc3)c2)cc1. The van der Waals surface area contributed by atoms with E-state index in [1.807, 2.05) is 12.1 Å². The van der Waals surface area contributed by atoms with Gasteiger partial charge in [-0.05, 0) is 0 Å². The van der Waals surface area contributed by atoms with Crippen LogP contribution in [0.3, 0.4) is 0 Å². The number of rotatable bonds is 2. The molecule has 0 heteroatoms. The third-order valence-corrected chi connectivity index (χ3v) is 2.97. The molecule has 0 N–H and O–H groups in total. The highest BCUT2D eigenvalue weighted by Gasteiger charge is 1.95. The van der Waals surface area contributed by atoms with Gasteiger partial charge in [-0.25, -0.2) is 0 Å². The molecule has 0 radical (unpaired) electrons. The summed E-state index contributed by atoms with van der Waals surface area (Å²) in [6.07, 6.45) is 0. The van der Waals surface area contributed by atoms with Crippen molar-refractivity contribution in [2.75, 3.05) is 0 Å². The summed E-state index contributed by atoms with van der Waals surface area (Å²) in [4.78, 5) is 0. The van der Waals surface area contributed by atoms with Crippen LogP contribution in [0.25, 0.3) is 22.3 Å². The third kappa shape index (κ3) is 2.02. The molecule has 17 heavy (non-hydrogen) atoms. The Labute approximate surface area is 102 Å². The highest BCUT2D eigenvalue weighted by molar-refractivity contribution is 5.75. The van der Waals surface area contributed by atoms with Crippen molar-refractivity contribution in [3.05, 3.63) is 78.9 Å². The minimum atomic E-state index is 1.27. The van der Waals surface area contributed by atoms with E-state index in [0.717, 1.165) is 0 Å². The first-order chi connectivity index (χ1) is 8.43. The molecule has 82 valence electrons. The molecule has 0 spiro atoms. The maximum Gasteiger partial charge on any atom is -0.0587 e. The minimum Gasteiger partial charge on any atom is -0.144 e. The highest BCUT2D eigenvalue weighted by atomic mass is 14.1. The molecule has 0 heterocycles. The zero-order chi connectivity index (χ0) is 11.5. The van der Waals surface area contributed by atoms with E-state index in [1.54, 1.807) is 0 Å². The van der Waals surface area contributed by atoms with E-state index < -0.39 is 0 Å². The Morgan fingerprint density at radius 2 is 1.24 bits per heavy atom. The molecule has 3 aromatic rings. The van der Waals surface area contributed by atoms with E-state index in [2.05, 4.69) is 66.7 Å². The standard InChI is InChI=1S/C17H13/c1-3-7-14(8-4-1)16-11-12-17(13-16)15-9-5-2-6-10-15/h1-13H/q-1. The lowest BCUT2D eigenvalue weighted by atomic mass is 10.1. The fourth-order valence-corrected chi connectivity index (χ4v) is 2.06. The Morgan fingerprint density at radius 1 is 0.588 bits per heavy atom. The summed E-state index contributed by atoms with van der Waals surface area (Å²) in [5.41, 5.74) is 5.11. The van der Waals surface area contributed by atoms with Gasteiger partial charge in [0.05, 0.1) is 0 Å². The van der Waals surface area contributed by atoms with E-state index in [0.29, 0.717) is 0 Å². The van der Waals surface area contributed by atoms with Gasteiger partial charge in [0.15, 0.2) is 0 Å². The molecule has 0 aromatic heterocycles. The Kier molecular flexibility index (Phi) is 2.55. The van der Waals surface area contributed by atoms with Gasteiger partial charge in [0.25, 0.3) is 0 Å². The second-order valence-electron chi connectivity index (χ2n) is 4.12. The number of benzene rings is 2. The zero-order valence-electron chi connectivity index (χ0n) is 9.51. The van der Waals surface area contributed by atoms with Crippen LogP contribution in [0.1, 0.15) is 0 Å². The lowest BCUT2D eigenvalue weighted by molar-refractivity contribution is 1.66. The molecule has 0 aliphatic rings. The predicted octanol–water partition coefficient (Wildman–Crippen LogP) is 4.74. The van der Waals surface area contributed by atoms with Crippen LogP contribution in [0.2, 0.25) is 0 Å². The quantitative estimate of drug-likeness (QED) is 0.544. The van der Waals surface area contributed by atoms with E-state index in [9.17, 15) is 0 Å². The van der Waals surface area contributed by atoms with Crippen molar-refractivity contribution >= 4 is 0 Å². The van der Waals surface area contributed by atoms with Crippen molar-refractivity contribution in [3.63, 3.8) is 0 Å². The van der Waals surface area contributed by atoms with E-state index >= 15 is 0 Å². The molecule has 0 aliphatic carbocycles. The summed E-state index contributed by atoms with van der Waals surface area (Å²) in [7, 11) is 0. The molecule has 0 nitrogen and oxygen atoms in total. The monoisotopic (exact) mass is 217 g/mol. The zero-order valence-corrected chi connectivity index (χ0v) is 9.51. The minimum absolute atomic E-state index is 1.27. The first-order valence-corrected chi connectivity index (χ1v) is 5.81. The fourth-order valence-electron chi connectivity index (χ4n) is 2.06. The molecular formula is C17H13-. The second kappa shape index (κ2) is 4.34. The molecule has 0 aliphatic heterocycles. The van der Waals surface area contributed by atoms with Crippen molar-refractivity contribution in [3.8, 4) is 22.3 Å². The van der Waals surface area contributed by atoms with Crippen molar-refractivity contribution in [1.29, 1.82) is 0 Å². The first-order valence-electron chi connectivity index (χ1n) is 5.81. The molecule has 0 fully saturated rings. The number of hydrogen-bond donors (Lipinski definition) is 0. The fraction of sp³-hybridized carbons (Fsp3) is 0. The maximum atomic E-state index is 2.24. The van der Waals surface area contributed by atoms with Gasteiger partial charge in [-0.2, -0.15) is 0 Å². The first kappa shape index (κ1) is 9.98. The van der Waals surface area contributed by atoms with Gasteiger partial charge < -0.3 is 0 Å². The van der Waals surface area contributed by atoms with Crippen molar-refractivity contribution in [1.82, 2.24) is 0 Å². The molecule has 0 amide bonds. The summed E-state index contributed by atoms with van der Waals surface area (Å²) in [6.45, 7) is 0. The van der Waals surface area contributed by atoms with Gasteiger partial charge in [-0.1, -0.05) is 59.7 Å². The smallest absolute Gasteiger partial charge is 0.0587 e. The highest BCUT2D eigenvalue weighted by Crippen LogP contribution is 2.27. The summed E-state index contributed by atoms with van der Waals surface area (Å²) in [6, 6.07) is 27.6. The maximum absolute atomic E-state index is 2.24. The lowest BCUT2D eigenvalue weighted by Crippen LogP contribution is -1.72. The van der Waals surface area contributed by atoms with Gasteiger partial charge in [0, 0.05) is 0 Å². The largest absolute Gasteiger partial charge is 0.144 e. The Balaban J connectivity index is 1.99. The van der Waals surface area contributed by atoms with Crippen LogP contribution in [-0.4, -0.2) is 0 Å². The topological polar surface area (TPSA) is 0 Å². The van der Waals surface area contributed by atoms with Crippen LogP contribution < -0.4 is 0 Å². The van der Waals surface area contributed by atoms with Crippen LogP contribution in [0.4, 0.5) is 0 Å². The summed E-state index contributed by atoms with van der Waals surface area (Å²) < 4.78 is 0. The van der Waals surface area contributed by atoms with Crippen LogP contribution in [0.15, 0.2) is 78.9 Å². The molecule has 3 aromatic carbocycles. The molecule has 0 atom stereocenters. The average molecular weight is 217 g/mol. The van der Waals surface area contributed by atoms with Gasteiger partial charge in [-0.15, -0.1) is 41.5 Å². The molecule has 0 saturated carbocycles. The molecule has 0 bridgehead atoms. The Bertz CT molecular complexity index is 534. The summed E-state index contributed by atoms with van der Waals surface area (Å²) in [5, 5.41) is 0. The number of hydrogen-bond acceptors (Lipinski definition) is 0. The van der Waals surface area contributed by atoms with E-state index in [-0.39, 0.29) is 0 Å². The predicted molar refractivity (Wildman–Crippen MR) is 72.9 cm³/mol. The van der Waals surface area contributed by atoms with E-state index in [4.69, 9.17) is 0 Å². The van der Waals surface area contributed by atoms with Gasteiger partial charge >= 0.3 is 0 Å². The van der Waals surface area contributed by atoms with Crippen molar-refractivity contribution in [2.45, 2.75) is 0 Å². The summed E-state index contributed by atoms with van der Waals surface area (Å²) >= 11 is 0. The molecule has 0 saturated heterocycles. The van der Waals surface area contributed by atoms with Crippen LogP contribution in [-0.2, 0) is 0 Å². The lowest BCUT2D eigenvalue weighted by Gasteiger charge is -2.04.